The molecular formula is C20H32O3. The van der Waals surface area contributed by atoms with Crippen molar-refractivity contribution in [3.05, 3.63) is 12.7 Å². The first-order valence-electron chi connectivity index (χ1n) is 9.12. The maximum absolute atomic E-state index is 11.3. The Balaban J connectivity index is 0.000000167. The molecule has 3 heteroatoms. The van der Waals surface area contributed by atoms with Crippen LogP contribution < -0.4 is 0 Å². The van der Waals surface area contributed by atoms with Crippen molar-refractivity contribution in [2.75, 3.05) is 0 Å². The summed E-state index contributed by atoms with van der Waals surface area (Å²) < 4.78 is 5.27. The van der Waals surface area contributed by atoms with E-state index in [2.05, 4.69) is 27.4 Å². The van der Waals surface area contributed by atoms with Crippen LogP contribution in [0.1, 0.15) is 72.6 Å². The summed E-state index contributed by atoms with van der Waals surface area (Å²) in [7, 11) is 0. The molecule has 0 aromatic rings. The molecule has 3 fully saturated rings. The van der Waals surface area contributed by atoms with Crippen molar-refractivity contribution >= 4 is 11.8 Å². The first-order valence-corrected chi connectivity index (χ1v) is 9.12. The van der Waals surface area contributed by atoms with E-state index in [1.165, 1.54) is 19.8 Å². The quantitative estimate of drug-likeness (QED) is 0.559. The summed E-state index contributed by atoms with van der Waals surface area (Å²) >= 11 is 0. The van der Waals surface area contributed by atoms with Crippen molar-refractivity contribution in [2.45, 2.75) is 78.2 Å². The van der Waals surface area contributed by atoms with Crippen LogP contribution in [0.2, 0.25) is 0 Å². The molecule has 0 aromatic heterocycles. The zero-order valence-corrected chi connectivity index (χ0v) is 15.2. The molecule has 0 bridgehead atoms. The molecule has 0 amide bonds. The van der Waals surface area contributed by atoms with Crippen LogP contribution in [0.3, 0.4) is 0 Å². The standard InChI is InChI=1S/C10H16O2.C10H16O/c1-3-10(12-9(2)11)7-5-4-6-8-10;1-6(2)10-4-8(10)7(3)9(11)5-10/h3H,1,4-8H2,2H3;6-8H,4-5H2,1-3H3/t;7-,8-,10+/m.1/s1. The average molecular weight is 320 g/mol. The summed E-state index contributed by atoms with van der Waals surface area (Å²) in [5.41, 5.74) is 0.112. The number of rotatable bonds is 3. The lowest BCUT2D eigenvalue weighted by molar-refractivity contribution is -0.154. The number of ketones is 1. The first-order chi connectivity index (χ1) is 10.8. The van der Waals surface area contributed by atoms with Crippen LogP contribution in [0, 0.1) is 23.2 Å². The van der Waals surface area contributed by atoms with Crippen LogP contribution in [-0.4, -0.2) is 17.4 Å². The number of fused-ring (bicyclic) bond motifs is 1. The molecule has 130 valence electrons. The van der Waals surface area contributed by atoms with E-state index in [4.69, 9.17) is 4.74 Å². The van der Waals surface area contributed by atoms with Gasteiger partial charge < -0.3 is 4.74 Å². The SMILES string of the molecule is C=CC1(OC(C)=O)CCCCC1.CC(C)[C@]12CC(=O)[C@H](C)[C@H]1C2. The van der Waals surface area contributed by atoms with Gasteiger partial charge in [0.25, 0.3) is 0 Å². The fourth-order valence-electron chi connectivity index (χ4n) is 4.59. The molecule has 0 heterocycles. The van der Waals surface area contributed by atoms with Gasteiger partial charge in [0.15, 0.2) is 0 Å². The van der Waals surface area contributed by atoms with Crippen LogP contribution in [0.25, 0.3) is 0 Å². The predicted molar refractivity (Wildman–Crippen MR) is 91.9 cm³/mol. The number of hydrogen-bond acceptors (Lipinski definition) is 3. The largest absolute Gasteiger partial charge is 0.455 e. The molecule has 3 nitrogen and oxygen atoms in total. The smallest absolute Gasteiger partial charge is 0.303 e. The summed E-state index contributed by atoms with van der Waals surface area (Å²) in [5, 5.41) is 0. The molecule has 3 atom stereocenters. The van der Waals surface area contributed by atoms with Gasteiger partial charge in [0.05, 0.1) is 0 Å². The van der Waals surface area contributed by atoms with Crippen molar-refractivity contribution in [2.24, 2.45) is 23.2 Å². The monoisotopic (exact) mass is 320 g/mol. The lowest BCUT2D eigenvalue weighted by atomic mass is 9.85. The topological polar surface area (TPSA) is 43.4 Å². The van der Waals surface area contributed by atoms with Gasteiger partial charge in [-0.25, -0.2) is 0 Å². The second-order valence-electron chi connectivity index (χ2n) is 8.05. The van der Waals surface area contributed by atoms with E-state index < -0.39 is 0 Å². The second kappa shape index (κ2) is 6.78. The van der Waals surface area contributed by atoms with Gasteiger partial charge in [0, 0.05) is 19.3 Å². The molecule has 23 heavy (non-hydrogen) atoms. The molecule has 0 unspecified atom stereocenters. The lowest BCUT2D eigenvalue weighted by Crippen LogP contribution is -2.34. The number of Topliss-reactive ketones (excluding diaryl/α,β-unsaturated/α-hetero) is 1. The highest BCUT2D eigenvalue weighted by molar-refractivity contribution is 5.86. The summed E-state index contributed by atoms with van der Waals surface area (Å²) in [6.45, 7) is 11.8. The minimum absolute atomic E-state index is 0.197. The maximum atomic E-state index is 11.3. The van der Waals surface area contributed by atoms with Gasteiger partial charge >= 0.3 is 5.97 Å². The van der Waals surface area contributed by atoms with Crippen molar-refractivity contribution in [1.29, 1.82) is 0 Å². The third kappa shape index (κ3) is 3.70. The van der Waals surface area contributed by atoms with Crippen LogP contribution in [0.5, 0.6) is 0 Å². The highest BCUT2D eigenvalue weighted by atomic mass is 16.6. The molecular weight excluding hydrogens is 288 g/mol. The van der Waals surface area contributed by atoms with E-state index in [0.717, 1.165) is 38.0 Å². The fourth-order valence-corrected chi connectivity index (χ4v) is 4.59. The Kier molecular flexibility index (Phi) is 5.37. The molecule has 0 aliphatic heterocycles. The van der Waals surface area contributed by atoms with E-state index in [1.54, 1.807) is 6.08 Å². The van der Waals surface area contributed by atoms with E-state index in [-0.39, 0.29) is 11.6 Å². The summed E-state index contributed by atoms with van der Waals surface area (Å²) in [6, 6.07) is 0. The number of ether oxygens (including phenoxy) is 1. The highest BCUT2D eigenvalue weighted by Gasteiger charge is 2.64. The number of hydrogen-bond donors (Lipinski definition) is 0. The molecule has 3 rings (SSSR count). The van der Waals surface area contributed by atoms with Crippen molar-refractivity contribution in [3.8, 4) is 0 Å². The fraction of sp³-hybridized carbons (Fsp3) is 0.800. The Labute approximate surface area is 140 Å². The van der Waals surface area contributed by atoms with Gasteiger partial charge in [-0.2, -0.15) is 0 Å². The minimum Gasteiger partial charge on any atom is -0.455 e. The minimum atomic E-state index is -0.343. The van der Waals surface area contributed by atoms with Gasteiger partial charge in [-0.15, -0.1) is 0 Å². The number of carbonyl (C=O) groups excluding carboxylic acids is 2. The molecule has 0 spiro atoms. The van der Waals surface area contributed by atoms with Crippen LogP contribution in [-0.2, 0) is 14.3 Å². The molecule has 0 saturated heterocycles. The van der Waals surface area contributed by atoms with Crippen molar-refractivity contribution in [3.63, 3.8) is 0 Å². The lowest BCUT2D eigenvalue weighted by Gasteiger charge is -2.33. The predicted octanol–water partition coefficient (Wildman–Crippen LogP) is 4.70. The summed E-state index contributed by atoms with van der Waals surface area (Å²) in [4.78, 5) is 22.1. The van der Waals surface area contributed by atoms with Crippen molar-refractivity contribution < 1.29 is 14.3 Å². The highest BCUT2D eigenvalue weighted by Crippen LogP contribution is 2.68. The Bertz CT molecular complexity index is 473. The number of esters is 1. The average Bonchev–Trinajstić information content (AvgIpc) is 3.17. The maximum Gasteiger partial charge on any atom is 0.303 e. The van der Waals surface area contributed by atoms with Gasteiger partial charge in [-0.05, 0) is 55.4 Å². The first kappa shape index (κ1) is 18.2. The Morgan fingerprint density at radius 2 is 1.91 bits per heavy atom. The van der Waals surface area contributed by atoms with E-state index in [1.807, 2.05) is 0 Å². The van der Waals surface area contributed by atoms with Gasteiger partial charge in [-0.3, -0.25) is 9.59 Å². The van der Waals surface area contributed by atoms with E-state index >= 15 is 0 Å². The summed E-state index contributed by atoms with van der Waals surface area (Å²) in [6.07, 6.45) is 9.38. The van der Waals surface area contributed by atoms with E-state index in [0.29, 0.717) is 23.0 Å². The van der Waals surface area contributed by atoms with Gasteiger partial charge in [0.1, 0.15) is 11.4 Å². The number of carbonyl (C=O) groups is 2. The zero-order valence-electron chi connectivity index (χ0n) is 15.2. The second-order valence-corrected chi connectivity index (χ2v) is 8.05. The third-order valence-corrected chi connectivity index (χ3v) is 6.36. The zero-order chi connectivity index (χ0) is 17.3. The Morgan fingerprint density at radius 1 is 1.30 bits per heavy atom. The molecule has 0 aromatic carbocycles. The normalized spacial score (nSPS) is 34.2. The molecule has 0 radical (unpaired) electrons. The van der Waals surface area contributed by atoms with Crippen molar-refractivity contribution in [1.82, 2.24) is 0 Å². The third-order valence-electron chi connectivity index (χ3n) is 6.36. The van der Waals surface area contributed by atoms with Crippen LogP contribution >= 0.6 is 0 Å². The summed E-state index contributed by atoms with van der Waals surface area (Å²) in [5.74, 6) is 2.14. The van der Waals surface area contributed by atoms with Crippen LogP contribution in [0.4, 0.5) is 0 Å². The molecule has 3 aliphatic carbocycles. The van der Waals surface area contributed by atoms with Crippen LogP contribution in [0.15, 0.2) is 12.7 Å². The molecule has 0 N–H and O–H groups in total. The Hall–Kier alpha value is -1.12. The van der Waals surface area contributed by atoms with Gasteiger partial charge in [-0.1, -0.05) is 33.8 Å². The molecule has 3 saturated carbocycles. The van der Waals surface area contributed by atoms with E-state index in [9.17, 15) is 9.59 Å². The molecule has 3 aliphatic rings. The Morgan fingerprint density at radius 3 is 2.26 bits per heavy atom. The van der Waals surface area contributed by atoms with Gasteiger partial charge in [0.2, 0.25) is 0 Å².